The summed E-state index contributed by atoms with van der Waals surface area (Å²) < 4.78 is 31.0. The summed E-state index contributed by atoms with van der Waals surface area (Å²) in [5, 5.41) is 0. The molecular formula is C7H13F2NO. The normalized spacial score (nSPS) is 37.1. The number of hydrogen-bond donors (Lipinski definition) is 1. The number of ether oxygens (including phenoxy) is 1. The van der Waals surface area contributed by atoms with Crippen LogP contribution in [0.25, 0.3) is 0 Å². The van der Waals surface area contributed by atoms with Gasteiger partial charge in [0.05, 0.1) is 13.2 Å². The third-order valence-corrected chi connectivity index (χ3v) is 2.28. The molecule has 2 nitrogen and oxygen atoms in total. The summed E-state index contributed by atoms with van der Waals surface area (Å²) in [6, 6.07) is 0. The Kier molecular flexibility index (Phi) is 2.16. The Morgan fingerprint density at radius 3 is 2.55 bits per heavy atom. The number of halogens is 2. The Balaban J connectivity index is 2.74. The number of nitrogens with two attached hydrogens (primary N) is 1. The summed E-state index contributed by atoms with van der Waals surface area (Å²) in [6.45, 7) is 1.74. The minimum absolute atomic E-state index is 0.0312. The third kappa shape index (κ3) is 1.37. The second-order valence-electron chi connectivity index (χ2n) is 3.02. The zero-order valence-electron chi connectivity index (χ0n) is 6.57. The lowest BCUT2D eigenvalue weighted by atomic mass is 9.87. The van der Waals surface area contributed by atoms with E-state index in [-0.39, 0.29) is 26.1 Å². The van der Waals surface area contributed by atoms with Gasteiger partial charge < -0.3 is 10.5 Å². The highest BCUT2D eigenvalue weighted by atomic mass is 19.3. The summed E-state index contributed by atoms with van der Waals surface area (Å²) in [6.07, 6.45) is -0.00264. The molecule has 1 unspecified atom stereocenters. The van der Waals surface area contributed by atoms with E-state index in [1.165, 1.54) is 0 Å². The van der Waals surface area contributed by atoms with Gasteiger partial charge >= 0.3 is 0 Å². The van der Waals surface area contributed by atoms with Crippen LogP contribution in [0.15, 0.2) is 0 Å². The van der Waals surface area contributed by atoms with E-state index in [9.17, 15) is 8.78 Å². The van der Waals surface area contributed by atoms with Crippen LogP contribution in [0, 0.1) is 0 Å². The maximum Gasteiger partial charge on any atom is 0.270 e. The van der Waals surface area contributed by atoms with Crippen molar-refractivity contribution in [2.75, 3.05) is 13.2 Å². The molecule has 2 N–H and O–H groups in total. The highest BCUT2D eigenvalue weighted by Gasteiger charge is 2.51. The van der Waals surface area contributed by atoms with E-state index >= 15 is 0 Å². The molecule has 4 heteroatoms. The molecule has 1 heterocycles. The van der Waals surface area contributed by atoms with E-state index < -0.39 is 11.5 Å². The lowest BCUT2D eigenvalue weighted by Gasteiger charge is -2.39. The van der Waals surface area contributed by atoms with Gasteiger partial charge in [-0.25, -0.2) is 8.78 Å². The van der Waals surface area contributed by atoms with Crippen molar-refractivity contribution in [2.45, 2.75) is 31.2 Å². The molecule has 0 aromatic heterocycles. The fraction of sp³-hybridized carbons (Fsp3) is 1.00. The fourth-order valence-corrected chi connectivity index (χ4v) is 1.17. The maximum absolute atomic E-state index is 13.0. The van der Waals surface area contributed by atoms with E-state index in [1.807, 2.05) is 0 Å². The van der Waals surface area contributed by atoms with Gasteiger partial charge in [-0.3, -0.25) is 0 Å². The molecule has 0 bridgehead atoms. The van der Waals surface area contributed by atoms with Crippen LogP contribution in [0.4, 0.5) is 8.78 Å². The first-order valence-corrected chi connectivity index (χ1v) is 3.76. The first-order valence-electron chi connectivity index (χ1n) is 3.76. The molecular weight excluding hydrogens is 152 g/mol. The predicted octanol–water partition coefficient (Wildman–Crippen LogP) is 1.15. The maximum atomic E-state index is 13.0. The molecule has 1 aliphatic heterocycles. The molecule has 0 aromatic carbocycles. The van der Waals surface area contributed by atoms with Crippen molar-refractivity contribution >= 4 is 0 Å². The van der Waals surface area contributed by atoms with Gasteiger partial charge in [0, 0.05) is 6.42 Å². The second kappa shape index (κ2) is 2.68. The van der Waals surface area contributed by atoms with Gasteiger partial charge in [-0.1, -0.05) is 6.92 Å². The van der Waals surface area contributed by atoms with Gasteiger partial charge in [-0.05, 0) is 6.42 Å². The van der Waals surface area contributed by atoms with E-state index in [1.54, 1.807) is 6.92 Å². The Labute approximate surface area is 64.7 Å². The predicted molar refractivity (Wildman–Crippen MR) is 37.6 cm³/mol. The molecule has 0 spiro atoms. The summed E-state index contributed by atoms with van der Waals surface area (Å²) in [5.74, 6) is -2.76. The lowest BCUT2D eigenvalue weighted by molar-refractivity contribution is -0.155. The topological polar surface area (TPSA) is 35.2 Å². The van der Waals surface area contributed by atoms with E-state index in [0.717, 1.165) is 0 Å². The van der Waals surface area contributed by atoms with Crippen LogP contribution in [-0.4, -0.2) is 24.7 Å². The van der Waals surface area contributed by atoms with Gasteiger partial charge in [0.1, 0.15) is 5.54 Å². The van der Waals surface area contributed by atoms with Crippen LogP contribution in [0.2, 0.25) is 0 Å². The minimum atomic E-state index is -2.76. The van der Waals surface area contributed by atoms with E-state index in [0.29, 0.717) is 0 Å². The van der Waals surface area contributed by atoms with Crippen LogP contribution in [0.1, 0.15) is 19.8 Å². The number of alkyl halides is 2. The van der Waals surface area contributed by atoms with Crippen LogP contribution in [0.3, 0.4) is 0 Å². The molecule has 1 saturated heterocycles. The summed E-state index contributed by atoms with van der Waals surface area (Å²) in [5.41, 5.74) is 4.02. The smallest absolute Gasteiger partial charge is 0.270 e. The van der Waals surface area contributed by atoms with E-state index in [2.05, 4.69) is 0 Å². The molecule has 66 valence electrons. The lowest BCUT2D eigenvalue weighted by Crippen LogP contribution is -2.61. The van der Waals surface area contributed by atoms with Gasteiger partial charge in [0.25, 0.3) is 5.92 Å². The van der Waals surface area contributed by atoms with Crippen LogP contribution in [-0.2, 0) is 4.74 Å². The Morgan fingerprint density at radius 1 is 1.55 bits per heavy atom. The largest absolute Gasteiger partial charge is 0.379 e. The number of hydrogen-bond acceptors (Lipinski definition) is 2. The van der Waals surface area contributed by atoms with Crippen molar-refractivity contribution in [1.82, 2.24) is 0 Å². The molecule has 0 amide bonds. The Morgan fingerprint density at radius 2 is 2.18 bits per heavy atom. The Hall–Kier alpha value is -0.220. The third-order valence-electron chi connectivity index (χ3n) is 2.28. The Bertz CT molecular complexity index is 151. The molecule has 1 aliphatic rings. The first-order chi connectivity index (χ1) is 5.02. The highest BCUT2D eigenvalue weighted by molar-refractivity contribution is 4.98. The molecule has 0 saturated carbocycles. The minimum Gasteiger partial charge on any atom is -0.379 e. The quantitative estimate of drug-likeness (QED) is 0.632. The van der Waals surface area contributed by atoms with Gasteiger partial charge in [0.15, 0.2) is 0 Å². The summed E-state index contributed by atoms with van der Waals surface area (Å²) >= 11 is 0. The van der Waals surface area contributed by atoms with Crippen molar-refractivity contribution < 1.29 is 13.5 Å². The van der Waals surface area contributed by atoms with Crippen molar-refractivity contribution in [3.8, 4) is 0 Å². The van der Waals surface area contributed by atoms with Crippen LogP contribution < -0.4 is 5.73 Å². The first kappa shape index (κ1) is 8.87. The zero-order valence-corrected chi connectivity index (χ0v) is 6.57. The van der Waals surface area contributed by atoms with Crippen molar-refractivity contribution in [1.29, 1.82) is 0 Å². The molecule has 1 atom stereocenters. The molecule has 0 aliphatic carbocycles. The fourth-order valence-electron chi connectivity index (χ4n) is 1.17. The second-order valence-corrected chi connectivity index (χ2v) is 3.02. The SMILES string of the molecule is CCC1(N)COCCC1(F)F. The average Bonchev–Trinajstić information content (AvgIpc) is 1.95. The average molecular weight is 165 g/mol. The number of rotatable bonds is 1. The standard InChI is InChI=1S/C7H13F2NO/c1-2-6(10)5-11-4-3-7(6,8)9/h2-5,10H2,1H3. The van der Waals surface area contributed by atoms with E-state index in [4.69, 9.17) is 10.5 Å². The van der Waals surface area contributed by atoms with Crippen LogP contribution >= 0.6 is 0 Å². The molecule has 0 aromatic rings. The highest BCUT2D eigenvalue weighted by Crippen LogP contribution is 2.35. The molecule has 1 fully saturated rings. The molecule has 0 radical (unpaired) electrons. The van der Waals surface area contributed by atoms with Crippen molar-refractivity contribution in [3.05, 3.63) is 0 Å². The van der Waals surface area contributed by atoms with Gasteiger partial charge in [-0.2, -0.15) is 0 Å². The van der Waals surface area contributed by atoms with Crippen molar-refractivity contribution in [3.63, 3.8) is 0 Å². The summed E-state index contributed by atoms with van der Waals surface area (Å²) in [4.78, 5) is 0. The summed E-state index contributed by atoms with van der Waals surface area (Å²) in [7, 11) is 0. The van der Waals surface area contributed by atoms with Gasteiger partial charge in [0.2, 0.25) is 0 Å². The zero-order chi connectivity index (χ0) is 8.54. The van der Waals surface area contributed by atoms with Gasteiger partial charge in [-0.15, -0.1) is 0 Å². The molecule has 11 heavy (non-hydrogen) atoms. The van der Waals surface area contributed by atoms with Crippen molar-refractivity contribution in [2.24, 2.45) is 5.73 Å². The molecule has 1 rings (SSSR count). The van der Waals surface area contributed by atoms with Crippen LogP contribution in [0.5, 0.6) is 0 Å². The monoisotopic (exact) mass is 165 g/mol.